The first kappa shape index (κ1) is 87.7. The Hall–Kier alpha value is -3.27. The molecule has 5 atom stereocenters. The van der Waals surface area contributed by atoms with Gasteiger partial charge in [0.2, 0.25) is 0 Å². The predicted molar refractivity (Wildman–Crippen MR) is 371 cm³/mol. The maximum absolute atomic E-state index is 12.9. The highest BCUT2D eigenvalue weighted by Gasteiger charge is 2.29. The second kappa shape index (κ2) is 66.7. The van der Waals surface area contributed by atoms with Gasteiger partial charge in [0, 0.05) is 19.3 Å². The third kappa shape index (κ3) is 67.9. The summed E-state index contributed by atoms with van der Waals surface area (Å²) in [5.41, 5.74) is 0. The fourth-order valence-corrected chi connectivity index (χ4v) is 11.2. The first-order chi connectivity index (χ1) is 44.2. The van der Waals surface area contributed by atoms with E-state index in [4.69, 9.17) is 32.3 Å². The lowest BCUT2D eigenvalue weighted by Crippen LogP contribution is -2.30. The van der Waals surface area contributed by atoms with E-state index in [1.54, 1.807) is 0 Å². The molecular formula is C73H130O16P2. The molecule has 0 radical (unpaired) electrons. The molecule has 0 aromatic rings. The molecule has 0 aliphatic carbocycles. The third-order valence-electron chi connectivity index (χ3n) is 15.1. The molecule has 0 saturated carbocycles. The Morgan fingerprint density at radius 3 is 0.945 bits per heavy atom. The van der Waals surface area contributed by atoms with Gasteiger partial charge in [-0.05, 0) is 96.3 Å². The largest absolute Gasteiger partial charge is 0.472 e. The van der Waals surface area contributed by atoms with Gasteiger partial charge in [-0.3, -0.25) is 32.5 Å². The van der Waals surface area contributed by atoms with Crippen LogP contribution in [0.5, 0.6) is 0 Å². The normalized spacial score (nSPS) is 14.7. The number of carbonyl (C=O) groups is 3. The van der Waals surface area contributed by atoms with Crippen molar-refractivity contribution in [3.05, 3.63) is 85.1 Å². The predicted octanol–water partition coefficient (Wildman–Crippen LogP) is 20.1. The summed E-state index contributed by atoms with van der Waals surface area (Å²) in [7, 11) is -9.77. The molecule has 0 fully saturated rings. The van der Waals surface area contributed by atoms with Gasteiger partial charge in [0.05, 0.1) is 26.4 Å². The fourth-order valence-electron chi connectivity index (χ4n) is 9.63. The Balaban J connectivity index is 4.48. The molecule has 0 spiro atoms. The summed E-state index contributed by atoms with van der Waals surface area (Å²) < 4.78 is 60.9. The molecule has 528 valence electrons. The average Bonchev–Trinajstić information content (AvgIpc) is 3.70. The quantitative estimate of drug-likeness (QED) is 0.0146. The van der Waals surface area contributed by atoms with Gasteiger partial charge in [-0.1, -0.05) is 273 Å². The summed E-state index contributed by atoms with van der Waals surface area (Å²) in [6, 6.07) is 0. The highest BCUT2D eigenvalue weighted by molar-refractivity contribution is 7.47. The van der Waals surface area contributed by atoms with Crippen molar-refractivity contribution in [3.63, 3.8) is 0 Å². The lowest BCUT2D eigenvalue weighted by atomic mass is 10.0. The molecular weight excluding hydrogens is 1190 g/mol. The number of phosphoric ester groups is 2. The number of allylic oxidation sites excluding steroid dienone is 14. The van der Waals surface area contributed by atoms with Crippen molar-refractivity contribution in [3.8, 4) is 0 Å². The highest BCUT2D eigenvalue weighted by atomic mass is 31.2. The molecule has 91 heavy (non-hydrogen) atoms. The molecule has 18 heteroatoms. The van der Waals surface area contributed by atoms with Crippen molar-refractivity contribution in [2.75, 3.05) is 39.6 Å². The molecule has 0 rings (SSSR count). The molecule has 16 nitrogen and oxygen atoms in total. The van der Waals surface area contributed by atoms with E-state index in [1.165, 1.54) is 116 Å². The summed E-state index contributed by atoms with van der Waals surface area (Å²) in [6.45, 7) is 2.54. The van der Waals surface area contributed by atoms with Crippen LogP contribution in [-0.2, 0) is 55.8 Å². The molecule has 0 aliphatic heterocycles. The first-order valence-electron chi connectivity index (χ1n) is 35.9. The minimum absolute atomic E-state index is 0.106. The summed E-state index contributed by atoms with van der Waals surface area (Å²) in [5.74, 6) is -1.58. The van der Waals surface area contributed by atoms with E-state index in [0.717, 1.165) is 128 Å². The Morgan fingerprint density at radius 2 is 0.582 bits per heavy atom. The van der Waals surface area contributed by atoms with Crippen LogP contribution in [0.1, 0.15) is 303 Å². The van der Waals surface area contributed by atoms with Crippen LogP contribution in [0.3, 0.4) is 0 Å². The number of rotatable bonds is 68. The van der Waals surface area contributed by atoms with Crippen LogP contribution in [0.4, 0.5) is 0 Å². The topological polar surface area (TPSA) is 231 Å². The van der Waals surface area contributed by atoms with Crippen molar-refractivity contribution in [2.24, 2.45) is 0 Å². The molecule has 0 amide bonds. The smallest absolute Gasteiger partial charge is 0.463 e. The van der Waals surface area contributed by atoms with Gasteiger partial charge in [0.15, 0.2) is 6.10 Å². The number of ether oxygens (including phenoxy) is 3. The van der Waals surface area contributed by atoms with Crippen LogP contribution in [0.2, 0.25) is 0 Å². The fraction of sp³-hybridized carbons (Fsp3) is 0.767. The van der Waals surface area contributed by atoms with Crippen molar-refractivity contribution in [1.29, 1.82) is 0 Å². The number of unbranched alkanes of at least 4 members (excludes halogenated alkanes) is 31. The second-order valence-electron chi connectivity index (χ2n) is 24.0. The Morgan fingerprint density at radius 1 is 0.319 bits per heavy atom. The SMILES string of the molecule is CC/C=C\C/C=C\C/C=C\C/C=C\C/C=C\CCCCCCCCCCCCCC(=O)OCC(O)COP(=O)(O)OCC(O)COP(=O)(O)OCC(COC(=O)CCCCCCC/C=C\C/C=C\CCCCC)OC(=O)CCCCCCCCCCCCCCC. The maximum Gasteiger partial charge on any atom is 0.472 e. The van der Waals surface area contributed by atoms with Crippen molar-refractivity contribution < 1.29 is 75.8 Å². The van der Waals surface area contributed by atoms with Crippen LogP contribution in [-0.4, -0.2) is 95.9 Å². The Bertz CT molecular complexity index is 2000. The number of aliphatic hydroxyl groups is 2. The zero-order chi connectivity index (χ0) is 66.7. The van der Waals surface area contributed by atoms with Crippen molar-refractivity contribution >= 4 is 33.6 Å². The molecule has 0 aliphatic rings. The third-order valence-corrected chi connectivity index (χ3v) is 17.0. The van der Waals surface area contributed by atoms with Gasteiger partial charge in [0.1, 0.15) is 25.4 Å². The monoisotopic (exact) mass is 1320 g/mol. The molecule has 0 saturated heterocycles. The van der Waals surface area contributed by atoms with Gasteiger partial charge in [0.25, 0.3) is 0 Å². The van der Waals surface area contributed by atoms with E-state index in [1.807, 2.05) is 0 Å². The van der Waals surface area contributed by atoms with Gasteiger partial charge in [-0.15, -0.1) is 0 Å². The number of aliphatic hydroxyl groups excluding tert-OH is 2. The number of esters is 3. The number of carbonyl (C=O) groups excluding carboxylic acids is 3. The van der Waals surface area contributed by atoms with E-state index in [0.29, 0.717) is 19.3 Å². The van der Waals surface area contributed by atoms with E-state index in [-0.39, 0.29) is 19.3 Å². The van der Waals surface area contributed by atoms with Crippen LogP contribution in [0.15, 0.2) is 85.1 Å². The lowest BCUT2D eigenvalue weighted by molar-refractivity contribution is -0.161. The maximum atomic E-state index is 12.9. The van der Waals surface area contributed by atoms with Crippen LogP contribution in [0.25, 0.3) is 0 Å². The Kier molecular flexibility index (Phi) is 64.3. The summed E-state index contributed by atoms with van der Waals surface area (Å²) in [6.07, 6.45) is 72.1. The highest BCUT2D eigenvalue weighted by Crippen LogP contribution is 2.45. The standard InChI is InChI=1S/C73H130O16P2/c1-4-7-10-13-16-19-22-25-27-28-29-30-31-32-33-34-35-36-37-38-40-43-44-47-50-53-56-59-71(76)83-62-68(74)63-85-90(79,80)86-64-69(75)65-87-91(81,82)88-67-70(89-73(78)61-58-55-52-49-46-41-24-21-18-15-12-9-6-3)66-84-72(77)60-57-54-51-48-45-42-39-26-23-20-17-14-11-8-5-2/h7,10,16-17,19-20,25-27,29-30,32-33,39,68-70,74-75H,4-6,8-9,11-15,18,21-24,28,31,34-38,40-67H2,1-3H3,(H,79,80)(H,81,82)/b10-7-,19-16-,20-17-,27-25-,30-29-,33-32-,39-26-. The van der Waals surface area contributed by atoms with E-state index >= 15 is 0 Å². The minimum atomic E-state index is -4.92. The van der Waals surface area contributed by atoms with Crippen molar-refractivity contribution in [2.45, 2.75) is 322 Å². The zero-order valence-corrected chi connectivity index (χ0v) is 59.0. The number of phosphoric acid groups is 2. The van der Waals surface area contributed by atoms with Gasteiger partial charge < -0.3 is 34.2 Å². The number of hydrogen-bond acceptors (Lipinski definition) is 14. The van der Waals surface area contributed by atoms with Crippen LogP contribution >= 0.6 is 15.6 Å². The molecule has 0 aromatic carbocycles. The first-order valence-corrected chi connectivity index (χ1v) is 38.9. The summed E-state index contributed by atoms with van der Waals surface area (Å²) in [5, 5.41) is 20.6. The summed E-state index contributed by atoms with van der Waals surface area (Å²) in [4.78, 5) is 58.4. The molecule has 4 N–H and O–H groups in total. The van der Waals surface area contributed by atoms with Crippen LogP contribution in [0, 0.1) is 0 Å². The lowest BCUT2D eigenvalue weighted by Gasteiger charge is -2.21. The van der Waals surface area contributed by atoms with Crippen LogP contribution < -0.4 is 0 Å². The molecule has 0 aromatic heterocycles. The average molecular weight is 1330 g/mol. The molecule has 0 bridgehead atoms. The number of hydrogen-bond donors (Lipinski definition) is 4. The summed E-state index contributed by atoms with van der Waals surface area (Å²) >= 11 is 0. The Labute approximate surface area is 553 Å². The van der Waals surface area contributed by atoms with Gasteiger partial charge >= 0.3 is 33.6 Å². The van der Waals surface area contributed by atoms with E-state index in [9.17, 15) is 43.5 Å². The second-order valence-corrected chi connectivity index (χ2v) is 26.9. The zero-order valence-electron chi connectivity index (χ0n) is 57.3. The molecule has 5 unspecified atom stereocenters. The van der Waals surface area contributed by atoms with E-state index in [2.05, 4.69) is 106 Å². The van der Waals surface area contributed by atoms with E-state index < -0.39 is 91.5 Å². The van der Waals surface area contributed by atoms with Gasteiger partial charge in [-0.2, -0.15) is 0 Å². The minimum Gasteiger partial charge on any atom is -0.463 e. The molecule has 0 heterocycles. The van der Waals surface area contributed by atoms with Gasteiger partial charge in [-0.25, -0.2) is 9.13 Å². The van der Waals surface area contributed by atoms with Crippen molar-refractivity contribution in [1.82, 2.24) is 0 Å².